The van der Waals surface area contributed by atoms with E-state index in [0.29, 0.717) is 6.61 Å². The average molecular weight is 380 g/mol. The molecule has 0 bridgehead atoms. The Kier molecular flexibility index (Phi) is 4.53. The molecule has 4 nitrogen and oxygen atoms in total. The molecule has 0 aliphatic rings. The number of rotatable bonds is 5. The summed E-state index contributed by atoms with van der Waals surface area (Å²) in [5, 5.41) is 1.81. The minimum absolute atomic E-state index is 0.0574. The summed E-state index contributed by atoms with van der Waals surface area (Å²) in [6, 6.07) is 15.9. The Morgan fingerprint density at radius 1 is 1.04 bits per heavy atom. The van der Waals surface area contributed by atoms with E-state index >= 15 is 0 Å². The van der Waals surface area contributed by atoms with Gasteiger partial charge in [-0.05, 0) is 43.3 Å². The summed E-state index contributed by atoms with van der Waals surface area (Å²) in [6.07, 6.45) is 0. The predicted octanol–water partition coefficient (Wildman–Crippen LogP) is 5.51. The number of Topliss-reactive ketones (excluding diaryl/α,β-unsaturated/α-hetero) is 1. The molecule has 2 heterocycles. The molecular weight excluding hydrogens is 364 g/mol. The molecule has 0 saturated heterocycles. The lowest BCUT2D eigenvalue weighted by Gasteiger charge is -2.04. The summed E-state index contributed by atoms with van der Waals surface area (Å²) in [7, 11) is 0. The van der Waals surface area contributed by atoms with E-state index in [9.17, 15) is 4.79 Å². The number of hydrogen-bond acceptors (Lipinski definition) is 6. The monoisotopic (exact) mass is 380 g/mol. The van der Waals surface area contributed by atoms with E-state index in [2.05, 4.69) is 16.0 Å². The summed E-state index contributed by atoms with van der Waals surface area (Å²) in [5.41, 5.74) is 2.78. The van der Waals surface area contributed by atoms with Crippen molar-refractivity contribution < 1.29 is 9.53 Å². The highest BCUT2D eigenvalue weighted by atomic mass is 32.1. The van der Waals surface area contributed by atoms with Gasteiger partial charge in [0.05, 0.1) is 20.8 Å². The van der Waals surface area contributed by atoms with Crippen molar-refractivity contribution in [3.05, 3.63) is 64.1 Å². The Hall–Kier alpha value is -2.57. The first kappa shape index (κ1) is 16.9. The largest absolute Gasteiger partial charge is 0.486 e. The predicted molar refractivity (Wildman–Crippen MR) is 106 cm³/mol. The van der Waals surface area contributed by atoms with Gasteiger partial charge in [-0.15, -0.1) is 22.7 Å². The normalized spacial score (nSPS) is 11.0. The lowest BCUT2D eigenvalue weighted by Crippen LogP contribution is -1.94. The van der Waals surface area contributed by atoms with Gasteiger partial charge < -0.3 is 4.74 Å². The second kappa shape index (κ2) is 6.97. The highest BCUT2D eigenvalue weighted by Gasteiger charge is 2.13. The fraction of sp³-hybridized carbons (Fsp3) is 0.150. The number of nitrogens with zero attached hydrogens (tertiary/aromatic N) is 2. The topological polar surface area (TPSA) is 52.1 Å². The molecule has 26 heavy (non-hydrogen) atoms. The Bertz CT molecular complexity index is 1050. The van der Waals surface area contributed by atoms with E-state index in [1.165, 1.54) is 16.0 Å². The molecule has 0 saturated carbocycles. The van der Waals surface area contributed by atoms with Gasteiger partial charge in [-0.1, -0.05) is 12.1 Å². The number of aryl methyl sites for hydroxylation is 1. The zero-order chi connectivity index (χ0) is 18.1. The van der Waals surface area contributed by atoms with Gasteiger partial charge >= 0.3 is 0 Å². The second-order valence-corrected chi connectivity index (χ2v) is 7.99. The Morgan fingerprint density at radius 2 is 1.81 bits per heavy atom. The number of hydrogen-bond donors (Lipinski definition) is 0. The number of fused-ring (bicyclic) bond motifs is 1. The molecule has 130 valence electrons. The quantitative estimate of drug-likeness (QED) is 0.428. The lowest BCUT2D eigenvalue weighted by molar-refractivity contribution is 0.102. The summed E-state index contributed by atoms with van der Waals surface area (Å²) < 4.78 is 7.02. The Morgan fingerprint density at radius 3 is 2.50 bits per heavy atom. The van der Waals surface area contributed by atoms with Crippen molar-refractivity contribution in [3.63, 3.8) is 0 Å². The van der Waals surface area contributed by atoms with Crippen molar-refractivity contribution in [3.8, 4) is 16.3 Å². The number of para-hydroxylation sites is 1. The van der Waals surface area contributed by atoms with Crippen LogP contribution in [0, 0.1) is 6.92 Å². The van der Waals surface area contributed by atoms with Gasteiger partial charge in [-0.2, -0.15) is 0 Å². The van der Waals surface area contributed by atoms with Crippen LogP contribution in [0.3, 0.4) is 0 Å². The van der Waals surface area contributed by atoms with Crippen molar-refractivity contribution in [2.45, 2.75) is 20.5 Å². The third kappa shape index (κ3) is 3.38. The molecule has 0 N–H and O–H groups in total. The first-order chi connectivity index (χ1) is 12.6. The van der Waals surface area contributed by atoms with Gasteiger partial charge in [0.25, 0.3) is 0 Å². The van der Waals surface area contributed by atoms with Crippen LogP contribution in [-0.4, -0.2) is 15.8 Å². The van der Waals surface area contributed by atoms with Crippen LogP contribution < -0.4 is 4.74 Å². The van der Waals surface area contributed by atoms with Crippen LogP contribution in [0.1, 0.15) is 27.3 Å². The van der Waals surface area contributed by atoms with Gasteiger partial charge in [0, 0.05) is 12.5 Å². The zero-order valence-electron chi connectivity index (χ0n) is 14.4. The van der Waals surface area contributed by atoms with Crippen molar-refractivity contribution in [1.29, 1.82) is 0 Å². The second-order valence-electron chi connectivity index (χ2n) is 5.88. The maximum absolute atomic E-state index is 11.6. The smallest absolute Gasteiger partial charge is 0.171 e. The standard InChI is InChI=1S/C20H16N2O2S2/c1-12-19(13(2)23)26-20(21-12)14-7-9-15(10-8-14)24-11-18-22-16-5-3-4-6-17(16)25-18/h3-10H,11H2,1-2H3. The van der Waals surface area contributed by atoms with E-state index in [1.807, 2.05) is 49.4 Å². The van der Waals surface area contributed by atoms with Crippen molar-refractivity contribution >= 4 is 38.7 Å². The summed E-state index contributed by atoms with van der Waals surface area (Å²) in [4.78, 5) is 21.4. The Labute approximate surface area is 159 Å². The molecule has 0 aliphatic carbocycles. The van der Waals surface area contributed by atoms with Crippen LogP contribution in [0.5, 0.6) is 5.75 Å². The van der Waals surface area contributed by atoms with Gasteiger partial charge in [0.1, 0.15) is 22.4 Å². The molecule has 0 spiro atoms. The van der Waals surface area contributed by atoms with Crippen LogP contribution in [0.25, 0.3) is 20.8 Å². The molecule has 0 atom stereocenters. The third-order valence-corrected chi connectivity index (χ3v) is 6.24. The van der Waals surface area contributed by atoms with E-state index in [1.54, 1.807) is 18.3 Å². The number of benzene rings is 2. The van der Waals surface area contributed by atoms with Crippen molar-refractivity contribution in [1.82, 2.24) is 9.97 Å². The highest BCUT2D eigenvalue weighted by Crippen LogP contribution is 2.30. The van der Waals surface area contributed by atoms with Crippen LogP contribution in [0.15, 0.2) is 48.5 Å². The molecule has 0 fully saturated rings. The van der Waals surface area contributed by atoms with Crippen molar-refractivity contribution in [2.24, 2.45) is 0 Å². The molecule has 0 amide bonds. The van der Waals surface area contributed by atoms with E-state index in [-0.39, 0.29) is 5.78 Å². The van der Waals surface area contributed by atoms with Gasteiger partial charge in [0.15, 0.2) is 5.78 Å². The molecule has 0 radical (unpaired) electrons. The molecule has 0 aliphatic heterocycles. The van der Waals surface area contributed by atoms with Crippen LogP contribution >= 0.6 is 22.7 Å². The number of ether oxygens (including phenoxy) is 1. The molecular formula is C20H16N2O2S2. The summed E-state index contributed by atoms with van der Waals surface area (Å²) >= 11 is 3.08. The molecule has 0 unspecified atom stereocenters. The van der Waals surface area contributed by atoms with Gasteiger partial charge in [-0.25, -0.2) is 9.97 Å². The Balaban J connectivity index is 1.47. The van der Waals surface area contributed by atoms with Crippen LogP contribution in [0.2, 0.25) is 0 Å². The van der Waals surface area contributed by atoms with E-state index in [0.717, 1.165) is 37.4 Å². The first-order valence-corrected chi connectivity index (χ1v) is 9.79. The van der Waals surface area contributed by atoms with Crippen LogP contribution in [-0.2, 0) is 6.61 Å². The SMILES string of the molecule is CC(=O)c1sc(-c2ccc(OCc3nc4ccccc4s3)cc2)nc1C. The number of ketones is 1. The maximum atomic E-state index is 11.6. The van der Waals surface area contributed by atoms with Gasteiger partial charge in [0.2, 0.25) is 0 Å². The lowest BCUT2D eigenvalue weighted by atomic mass is 10.2. The number of aromatic nitrogens is 2. The molecule has 2 aromatic heterocycles. The van der Waals surface area contributed by atoms with Gasteiger partial charge in [-0.3, -0.25) is 4.79 Å². The zero-order valence-corrected chi connectivity index (χ0v) is 16.0. The van der Waals surface area contributed by atoms with Crippen LogP contribution in [0.4, 0.5) is 0 Å². The molecule has 2 aromatic carbocycles. The maximum Gasteiger partial charge on any atom is 0.171 e. The fourth-order valence-corrected chi connectivity index (χ4v) is 4.51. The van der Waals surface area contributed by atoms with E-state index < -0.39 is 0 Å². The number of carbonyl (C=O) groups is 1. The minimum atomic E-state index is 0.0574. The highest BCUT2D eigenvalue weighted by molar-refractivity contribution is 7.18. The first-order valence-electron chi connectivity index (χ1n) is 8.16. The van der Waals surface area contributed by atoms with E-state index in [4.69, 9.17) is 4.74 Å². The molecule has 6 heteroatoms. The minimum Gasteiger partial charge on any atom is -0.486 e. The summed E-state index contributed by atoms with van der Waals surface area (Å²) in [5.74, 6) is 0.843. The number of thiazole rings is 2. The fourth-order valence-electron chi connectivity index (χ4n) is 2.67. The summed E-state index contributed by atoms with van der Waals surface area (Å²) in [6.45, 7) is 3.89. The third-order valence-electron chi connectivity index (χ3n) is 3.92. The average Bonchev–Trinajstić information content (AvgIpc) is 3.23. The molecule has 4 aromatic rings. The number of carbonyl (C=O) groups excluding carboxylic acids is 1. The van der Waals surface area contributed by atoms with Crippen molar-refractivity contribution in [2.75, 3.05) is 0 Å². The molecule has 4 rings (SSSR count).